The molecule has 4 nitrogen and oxygen atoms in total. The summed E-state index contributed by atoms with van der Waals surface area (Å²) >= 11 is 0. The van der Waals surface area contributed by atoms with Crippen molar-refractivity contribution in [2.24, 2.45) is 0 Å². The van der Waals surface area contributed by atoms with E-state index in [2.05, 4.69) is 15.6 Å². The highest BCUT2D eigenvalue weighted by Gasteiger charge is 2.19. The van der Waals surface area contributed by atoms with Gasteiger partial charge in [0.2, 0.25) is 10.0 Å². The maximum absolute atomic E-state index is 12.3. The Kier molecular flexibility index (Phi) is 3.84. The summed E-state index contributed by atoms with van der Waals surface area (Å²) in [5, 5.41) is 1.41. The topological polar surface area (TPSA) is 59.1 Å². The van der Waals surface area contributed by atoms with Crippen LogP contribution in [0.5, 0.6) is 0 Å². The summed E-state index contributed by atoms with van der Waals surface area (Å²) in [4.78, 5) is 4.20. The van der Waals surface area contributed by atoms with Crippen molar-refractivity contribution in [2.75, 3.05) is 0 Å². The van der Waals surface area contributed by atoms with Gasteiger partial charge in [-0.3, -0.25) is 4.98 Å². The highest BCUT2D eigenvalue weighted by molar-refractivity contribution is 7.89. The van der Waals surface area contributed by atoms with E-state index in [0.717, 1.165) is 5.39 Å². The Bertz CT molecular complexity index is 727. The van der Waals surface area contributed by atoms with E-state index < -0.39 is 16.1 Å². The maximum atomic E-state index is 12.3. The van der Waals surface area contributed by atoms with E-state index in [0.29, 0.717) is 11.8 Å². The zero-order valence-corrected chi connectivity index (χ0v) is 11.3. The molecule has 1 aromatic heterocycles. The quantitative estimate of drug-likeness (QED) is 0.867. The molecule has 98 valence electrons. The largest absolute Gasteiger partial charge is 0.264 e. The summed E-state index contributed by atoms with van der Waals surface area (Å²) < 4.78 is 27.2. The van der Waals surface area contributed by atoms with E-state index in [1.165, 1.54) is 0 Å². The summed E-state index contributed by atoms with van der Waals surface area (Å²) in [5.74, 6) is 2.42. The van der Waals surface area contributed by atoms with Crippen LogP contribution >= 0.6 is 0 Å². The molecular formula is C14H14N2O2S. The highest BCUT2D eigenvalue weighted by atomic mass is 32.2. The summed E-state index contributed by atoms with van der Waals surface area (Å²) in [6.07, 6.45) is 9.04. The van der Waals surface area contributed by atoms with Crippen LogP contribution < -0.4 is 4.72 Å². The molecule has 1 heterocycles. The van der Waals surface area contributed by atoms with E-state index >= 15 is 0 Å². The number of aromatic nitrogens is 1. The molecule has 0 aliphatic carbocycles. The van der Waals surface area contributed by atoms with Crippen molar-refractivity contribution in [1.29, 1.82) is 0 Å². The minimum Gasteiger partial charge on any atom is -0.264 e. The lowest BCUT2D eigenvalue weighted by molar-refractivity contribution is 0.571. The number of benzene rings is 1. The van der Waals surface area contributed by atoms with E-state index in [1.54, 1.807) is 30.6 Å². The monoisotopic (exact) mass is 274 g/mol. The molecule has 1 aromatic carbocycles. The number of nitrogens with zero attached hydrogens (tertiary/aromatic N) is 1. The van der Waals surface area contributed by atoms with Crippen LogP contribution in [0.1, 0.15) is 13.3 Å². The minimum absolute atomic E-state index is 0.223. The van der Waals surface area contributed by atoms with Crippen molar-refractivity contribution < 1.29 is 8.42 Å². The van der Waals surface area contributed by atoms with Gasteiger partial charge >= 0.3 is 0 Å². The van der Waals surface area contributed by atoms with Gasteiger partial charge in [-0.2, -0.15) is 4.72 Å². The Hall–Kier alpha value is -1.90. The molecule has 0 bridgehead atoms. The Labute approximate surface area is 112 Å². The fourth-order valence-electron chi connectivity index (χ4n) is 1.81. The molecular weight excluding hydrogens is 260 g/mol. The molecule has 2 rings (SSSR count). The molecule has 0 spiro atoms. The van der Waals surface area contributed by atoms with E-state index in [1.807, 2.05) is 13.0 Å². The zero-order valence-electron chi connectivity index (χ0n) is 10.5. The van der Waals surface area contributed by atoms with Crippen LogP contribution in [0.15, 0.2) is 41.6 Å². The number of pyridine rings is 1. The van der Waals surface area contributed by atoms with Crippen LogP contribution in [-0.4, -0.2) is 19.4 Å². The third kappa shape index (κ3) is 2.75. The van der Waals surface area contributed by atoms with Crippen molar-refractivity contribution >= 4 is 20.8 Å². The van der Waals surface area contributed by atoms with Crippen LogP contribution in [0, 0.1) is 12.3 Å². The summed E-state index contributed by atoms with van der Waals surface area (Å²) in [5.41, 5.74) is 0. The second-order valence-electron chi connectivity index (χ2n) is 4.10. The predicted molar refractivity (Wildman–Crippen MR) is 75.0 cm³/mol. The Morgan fingerprint density at radius 1 is 1.42 bits per heavy atom. The first-order valence-corrected chi connectivity index (χ1v) is 7.38. The summed E-state index contributed by atoms with van der Waals surface area (Å²) in [6.45, 7) is 1.83. The second kappa shape index (κ2) is 5.39. The van der Waals surface area contributed by atoms with Gasteiger partial charge in [0.05, 0.1) is 10.9 Å². The molecule has 1 N–H and O–H groups in total. The second-order valence-corrected chi connectivity index (χ2v) is 5.78. The fraction of sp³-hybridized carbons (Fsp3) is 0.214. The average Bonchev–Trinajstić information content (AvgIpc) is 2.44. The molecule has 0 saturated heterocycles. The molecule has 0 aliphatic rings. The normalized spacial score (nSPS) is 13.1. The highest BCUT2D eigenvalue weighted by Crippen LogP contribution is 2.22. The van der Waals surface area contributed by atoms with Crippen molar-refractivity contribution in [2.45, 2.75) is 24.3 Å². The number of rotatable bonds is 4. The lowest BCUT2D eigenvalue weighted by Crippen LogP contribution is -2.33. The number of sulfonamides is 1. The van der Waals surface area contributed by atoms with Crippen LogP contribution in [-0.2, 0) is 10.0 Å². The SMILES string of the molecule is C#CC(CC)NS(=O)(=O)c1cccc2cnccc12. The van der Waals surface area contributed by atoms with Crippen LogP contribution in [0.25, 0.3) is 10.8 Å². The van der Waals surface area contributed by atoms with Gasteiger partial charge < -0.3 is 0 Å². The molecule has 2 aromatic rings. The first-order chi connectivity index (χ1) is 9.08. The number of hydrogen-bond donors (Lipinski definition) is 1. The average molecular weight is 274 g/mol. The van der Waals surface area contributed by atoms with Crippen LogP contribution in [0.4, 0.5) is 0 Å². The van der Waals surface area contributed by atoms with E-state index in [4.69, 9.17) is 6.42 Å². The molecule has 0 fully saturated rings. The third-order valence-corrected chi connectivity index (χ3v) is 4.37. The van der Waals surface area contributed by atoms with Crippen LogP contribution in [0.2, 0.25) is 0 Å². The summed E-state index contributed by atoms with van der Waals surface area (Å²) in [7, 11) is -3.63. The van der Waals surface area contributed by atoms with Gasteiger partial charge in [-0.1, -0.05) is 25.0 Å². The van der Waals surface area contributed by atoms with Crippen molar-refractivity contribution in [3.05, 3.63) is 36.7 Å². The minimum atomic E-state index is -3.63. The zero-order chi connectivity index (χ0) is 13.9. The van der Waals surface area contributed by atoms with Gasteiger partial charge in [-0.15, -0.1) is 6.42 Å². The molecule has 1 atom stereocenters. The molecule has 0 amide bonds. The third-order valence-electron chi connectivity index (χ3n) is 2.84. The first kappa shape index (κ1) is 13.5. The smallest absolute Gasteiger partial charge is 0.242 e. The summed E-state index contributed by atoms with van der Waals surface area (Å²) in [6, 6.07) is 6.26. The first-order valence-electron chi connectivity index (χ1n) is 5.89. The standard InChI is InChI=1S/C14H14N2O2S/c1-3-12(4-2)16-19(17,18)14-7-5-6-11-10-15-9-8-13(11)14/h1,5-10,12,16H,4H2,2H3. The molecule has 0 saturated carbocycles. The lowest BCUT2D eigenvalue weighted by Gasteiger charge is -2.13. The van der Waals surface area contributed by atoms with Gasteiger partial charge in [0.1, 0.15) is 0 Å². The molecule has 5 heteroatoms. The predicted octanol–water partition coefficient (Wildman–Crippen LogP) is 1.92. The molecule has 0 aliphatic heterocycles. The Morgan fingerprint density at radius 2 is 2.21 bits per heavy atom. The molecule has 1 unspecified atom stereocenters. The van der Waals surface area contributed by atoms with Crippen molar-refractivity contribution in [3.8, 4) is 12.3 Å². The van der Waals surface area contributed by atoms with Gasteiger partial charge in [0.25, 0.3) is 0 Å². The van der Waals surface area contributed by atoms with E-state index in [9.17, 15) is 8.42 Å². The van der Waals surface area contributed by atoms with Crippen LogP contribution in [0.3, 0.4) is 0 Å². The molecule has 19 heavy (non-hydrogen) atoms. The van der Waals surface area contributed by atoms with Gasteiger partial charge in [-0.25, -0.2) is 8.42 Å². The van der Waals surface area contributed by atoms with Gasteiger partial charge in [0.15, 0.2) is 0 Å². The van der Waals surface area contributed by atoms with E-state index in [-0.39, 0.29) is 4.90 Å². The number of hydrogen-bond acceptors (Lipinski definition) is 3. The maximum Gasteiger partial charge on any atom is 0.242 e. The van der Waals surface area contributed by atoms with Gasteiger partial charge in [-0.05, 0) is 18.6 Å². The number of nitrogens with one attached hydrogen (secondary N) is 1. The number of terminal acetylenes is 1. The number of fused-ring (bicyclic) bond motifs is 1. The Balaban J connectivity index is 2.53. The fourth-order valence-corrected chi connectivity index (χ4v) is 3.28. The van der Waals surface area contributed by atoms with Gasteiger partial charge in [0, 0.05) is 23.2 Å². The Morgan fingerprint density at radius 3 is 2.89 bits per heavy atom. The van der Waals surface area contributed by atoms with Crippen molar-refractivity contribution in [3.63, 3.8) is 0 Å². The molecule has 0 radical (unpaired) electrons. The lowest BCUT2D eigenvalue weighted by atomic mass is 10.2. The van der Waals surface area contributed by atoms with Crippen molar-refractivity contribution in [1.82, 2.24) is 9.71 Å².